The number of amides is 1. The fraction of sp³-hybridized carbons (Fsp3) is 0.273. The number of carbonyl (C=O) groups excluding carboxylic acids is 1. The van der Waals surface area contributed by atoms with Crippen LogP contribution in [0.3, 0.4) is 0 Å². The van der Waals surface area contributed by atoms with Crippen molar-refractivity contribution < 1.29 is 4.79 Å². The highest BCUT2D eigenvalue weighted by Crippen LogP contribution is 2.17. The number of hydrogen-bond acceptors (Lipinski definition) is 5. The third kappa shape index (κ3) is 2.15. The van der Waals surface area contributed by atoms with Crippen molar-refractivity contribution >= 4 is 11.7 Å². The van der Waals surface area contributed by atoms with Crippen LogP contribution in [0.25, 0.3) is 5.82 Å². The topological polar surface area (TPSA) is 98.7 Å². The van der Waals surface area contributed by atoms with Gasteiger partial charge in [-0.1, -0.05) is 0 Å². The first kappa shape index (κ1) is 12.0. The summed E-state index contributed by atoms with van der Waals surface area (Å²) in [4.78, 5) is 19.3. The summed E-state index contributed by atoms with van der Waals surface area (Å²) in [5.41, 5.74) is 6.39. The van der Waals surface area contributed by atoms with Crippen LogP contribution in [0.2, 0.25) is 0 Å². The van der Waals surface area contributed by atoms with Crippen LogP contribution in [-0.2, 0) is 0 Å². The lowest BCUT2D eigenvalue weighted by Gasteiger charge is -2.09. The molecule has 0 spiro atoms. The first-order chi connectivity index (χ1) is 8.63. The Bertz CT molecular complexity index is 577. The zero-order valence-electron chi connectivity index (χ0n) is 10.2. The van der Waals surface area contributed by atoms with Crippen LogP contribution in [0.1, 0.15) is 22.8 Å². The molecule has 0 saturated carbocycles. The number of nitrogens with zero attached hydrogens (tertiary/aromatic N) is 4. The molecule has 7 nitrogen and oxygen atoms in total. The molecule has 0 fully saturated rings. The van der Waals surface area contributed by atoms with Crippen LogP contribution in [0.5, 0.6) is 0 Å². The number of nitrogens with one attached hydrogen (secondary N) is 1. The lowest BCUT2D eigenvalue weighted by molar-refractivity contribution is 0.100. The minimum absolute atomic E-state index is 0.345. The van der Waals surface area contributed by atoms with Gasteiger partial charge in [-0.05, 0) is 13.8 Å². The number of hydrogen-bond donors (Lipinski definition) is 2. The molecule has 7 heteroatoms. The molecule has 3 N–H and O–H groups in total. The third-order valence-electron chi connectivity index (χ3n) is 2.49. The van der Waals surface area contributed by atoms with Crippen LogP contribution in [0.4, 0.5) is 5.82 Å². The zero-order chi connectivity index (χ0) is 13.1. The molecule has 0 atom stereocenters. The van der Waals surface area contributed by atoms with Gasteiger partial charge in [-0.3, -0.25) is 4.79 Å². The molecule has 0 aliphatic carbocycles. The van der Waals surface area contributed by atoms with Crippen molar-refractivity contribution in [1.82, 2.24) is 19.7 Å². The summed E-state index contributed by atoms with van der Waals surface area (Å²) < 4.78 is 1.51. The molecular formula is C11H14N6O. The Labute approximate surface area is 104 Å². The van der Waals surface area contributed by atoms with Gasteiger partial charge in [-0.25, -0.2) is 14.6 Å². The van der Waals surface area contributed by atoms with E-state index in [-0.39, 0.29) is 0 Å². The summed E-state index contributed by atoms with van der Waals surface area (Å²) in [6, 6.07) is 0. The summed E-state index contributed by atoms with van der Waals surface area (Å²) in [7, 11) is 0. The summed E-state index contributed by atoms with van der Waals surface area (Å²) in [6.45, 7) is 4.64. The van der Waals surface area contributed by atoms with Crippen molar-refractivity contribution in [3.05, 3.63) is 29.8 Å². The molecule has 2 heterocycles. The SMILES string of the molecule is CCNc1ncnc(-n2cc(C(N)=O)cn2)c1C. The van der Waals surface area contributed by atoms with Gasteiger partial charge in [0.25, 0.3) is 5.91 Å². The largest absolute Gasteiger partial charge is 0.370 e. The maximum absolute atomic E-state index is 11.0. The molecule has 1 amide bonds. The minimum Gasteiger partial charge on any atom is -0.370 e. The van der Waals surface area contributed by atoms with Gasteiger partial charge in [0, 0.05) is 18.3 Å². The lowest BCUT2D eigenvalue weighted by Crippen LogP contribution is -2.10. The van der Waals surface area contributed by atoms with E-state index in [0.717, 1.165) is 17.9 Å². The lowest BCUT2D eigenvalue weighted by atomic mass is 10.3. The van der Waals surface area contributed by atoms with Crippen LogP contribution in [0.15, 0.2) is 18.7 Å². The fourth-order valence-corrected chi connectivity index (χ4v) is 1.58. The maximum atomic E-state index is 11.0. The van der Waals surface area contributed by atoms with Crippen molar-refractivity contribution in [2.24, 2.45) is 5.73 Å². The quantitative estimate of drug-likeness (QED) is 0.818. The van der Waals surface area contributed by atoms with Gasteiger partial charge in [0.15, 0.2) is 5.82 Å². The standard InChI is InChI=1S/C11H14N6O/c1-3-13-10-7(2)11(15-6-14-10)17-5-8(4-16-17)9(12)18/h4-6H,3H2,1-2H3,(H2,12,18)(H,13,14,15). The highest BCUT2D eigenvalue weighted by Gasteiger charge is 2.11. The van der Waals surface area contributed by atoms with E-state index in [2.05, 4.69) is 20.4 Å². The van der Waals surface area contributed by atoms with E-state index in [9.17, 15) is 4.79 Å². The van der Waals surface area contributed by atoms with Crippen molar-refractivity contribution in [2.75, 3.05) is 11.9 Å². The summed E-state index contributed by atoms with van der Waals surface area (Å²) in [5.74, 6) is 0.854. The Morgan fingerprint density at radius 1 is 1.50 bits per heavy atom. The van der Waals surface area contributed by atoms with Crippen molar-refractivity contribution in [3.8, 4) is 5.82 Å². The minimum atomic E-state index is -0.514. The van der Waals surface area contributed by atoms with Gasteiger partial charge < -0.3 is 11.1 Å². The van der Waals surface area contributed by atoms with Gasteiger partial charge >= 0.3 is 0 Å². The second-order valence-corrected chi connectivity index (χ2v) is 3.74. The maximum Gasteiger partial charge on any atom is 0.251 e. The van der Waals surface area contributed by atoms with E-state index >= 15 is 0 Å². The molecule has 94 valence electrons. The average molecular weight is 246 g/mol. The monoisotopic (exact) mass is 246 g/mol. The Kier molecular flexibility index (Phi) is 3.22. The van der Waals surface area contributed by atoms with Crippen molar-refractivity contribution in [2.45, 2.75) is 13.8 Å². The molecule has 0 radical (unpaired) electrons. The van der Waals surface area contributed by atoms with Gasteiger partial charge in [0.2, 0.25) is 0 Å². The Morgan fingerprint density at radius 3 is 2.89 bits per heavy atom. The normalized spacial score (nSPS) is 10.3. The second-order valence-electron chi connectivity index (χ2n) is 3.74. The molecule has 0 bridgehead atoms. The molecule has 0 aromatic carbocycles. The molecule has 0 aliphatic rings. The number of anilines is 1. The smallest absolute Gasteiger partial charge is 0.251 e. The van der Waals surface area contributed by atoms with Gasteiger partial charge in [-0.15, -0.1) is 0 Å². The highest BCUT2D eigenvalue weighted by molar-refractivity contribution is 5.92. The van der Waals surface area contributed by atoms with Gasteiger partial charge in [0.05, 0.1) is 11.8 Å². The van der Waals surface area contributed by atoms with Crippen molar-refractivity contribution in [1.29, 1.82) is 0 Å². The molecule has 0 aliphatic heterocycles. The van der Waals surface area contributed by atoms with E-state index in [0.29, 0.717) is 11.4 Å². The first-order valence-corrected chi connectivity index (χ1v) is 5.53. The second kappa shape index (κ2) is 4.82. The van der Waals surface area contributed by atoms with E-state index in [4.69, 9.17) is 5.73 Å². The highest BCUT2D eigenvalue weighted by atomic mass is 16.1. The predicted molar refractivity (Wildman–Crippen MR) is 66.6 cm³/mol. The van der Waals surface area contributed by atoms with E-state index in [1.807, 2.05) is 13.8 Å². The number of aromatic nitrogens is 4. The van der Waals surface area contributed by atoms with Crippen LogP contribution in [-0.4, -0.2) is 32.2 Å². The Hall–Kier alpha value is -2.44. The van der Waals surface area contributed by atoms with Crippen LogP contribution < -0.4 is 11.1 Å². The average Bonchev–Trinajstić information content (AvgIpc) is 2.81. The molecule has 0 unspecified atom stereocenters. The van der Waals surface area contributed by atoms with Crippen LogP contribution >= 0.6 is 0 Å². The first-order valence-electron chi connectivity index (χ1n) is 5.53. The number of rotatable bonds is 4. The van der Waals surface area contributed by atoms with Crippen LogP contribution in [0, 0.1) is 6.92 Å². The number of primary amides is 1. The van der Waals surface area contributed by atoms with E-state index in [1.165, 1.54) is 17.2 Å². The molecule has 18 heavy (non-hydrogen) atoms. The fourth-order valence-electron chi connectivity index (χ4n) is 1.58. The van der Waals surface area contributed by atoms with E-state index in [1.54, 1.807) is 6.20 Å². The molecule has 2 rings (SSSR count). The van der Waals surface area contributed by atoms with E-state index < -0.39 is 5.91 Å². The molecular weight excluding hydrogens is 232 g/mol. The molecule has 2 aromatic heterocycles. The van der Waals surface area contributed by atoms with Crippen molar-refractivity contribution in [3.63, 3.8) is 0 Å². The zero-order valence-corrected chi connectivity index (χ0v) is 10.2. The summed E-state index contributed by atoms with van der Waals surface area (Å²) in [5, 5.41) is 7.20. The third-order valence-corrected chi connectivity index (χ3v) is 2.49. The molecule has 2 aromatic rings. The van der Waals surface area contributed by atoms with Gasteiger partial charge in [-0.2, -0.15) is 5.10 Å². The molecule has 0 saturated heterocycles. The number of carbonyl (C=O) groups is 1. The number of nitrogens with two attached hydrogens (primary N) is 1. The Morgan fingerprint density at radius 2 is 2.28 bits per heavy atom. The summed E-state index contributed by atoms with van der Waals surface area (Å²) >= 11 is 0. The Balaban J connectivity index is 2.43. The summed E-state index contributed by atoms with van der Waals surface area (Å²) in [6.07, 6.45) is 4.41. The predicted octanol–water partition coefficient (Wildman–Crippen LogP) is 0.501. The van der Waals surface area contributed by atoms with Gasteiger partial charge in [0.1, 0.15) is 12.1 Å².